The van der Waals surface area contributed by atoms with Crippen LogP contribution < -0.4 is 15.9 Å². The summed E-state index contributed by atoms with van der Waals surface area (Å²) in [5.74, 6) is -3.62. The van der Waals surface area contributed by atoms with Crippen molar-refractivity contribution in [3.63, 3.8) is 0 Å². The van der Waals surface area contributed by atoms with E-state index >= 15 is 0 Å². The van der Waals surface area contributed by atoms with E-state index in [9.17, 15) is 23.7 Å². The number of esters is 4. The van der Waals surface area contributed by atoms with Gasteiger partial charge in [-0.2, -0.15) is 5.10 Å². The van der Waals surface area contributed by atoms with Crippen molar-refractivity contribution in [3.8, 4) is 0 Å². The van der Waals surface area contributed by atoms with E-state index in [-0.39, 0.29) is 19.0 Å². The summed E-state index contributed by atoms with van der Waals surface area (Å²) in [7, 11) is -4.32. The van der Waals surface area contributed by atoms with Crippen LogP contribution in [0.5, 0.6) is 0 Å². The Bertz CT molecular complexity index is 1490. The summed E-state index contributed by atoms with van der Waals surface area (Å²) in [5, 5.41) is 9.49. The van der Waals surface area contributed by atoms with Gasteiger partial charge in [-0.1, -0.05) is 27.7 Å². The van der Waals surface area contributed by atoms with Crippen LogP contribution in [0.3, 0.4) is 0 Å². The molecule has 18 heteroatoms. The first-order valence-electron chi connectivity index (χ1n) is 15.8. The average Bonchev–Trinajstić information content (AvgIpc) is 3.56. The van der Waals surface area contributed by atoms with Crippen molar-refractivity contribution < 1.29 is 52.0 Å². The molecule has 4 N–H and O–H groups in total. The second-order valence-corrected chi connectivity index (χ2v) is 14.0. The van der Waals surface area contributed by atoms with Gasteiger partial charge in [-0.25, -0.2) is 19.7 Å². The number of fused-ring (bicyclic) bond motifs is 1. The van der Waals surface area contributed by atoms with Gasteiger partial charge in [0.15, 0.2) is 18.0 Å². The standard InChI is InChI=1S/C30H47N6O11P/c1-10-42-28(39)18(7)34-48(41,35-19(8)29(40)43-11-2)44-14-30(9)24(46-27(38)17(5)6)23(45-26(37)16(3)4)22(47-30)20-12-13-21-25(31)32-15-33-36(20)21/h12-13,15-19,22-24H,10-11,14H2,1-9H3,(H2,31,32,33)(H2,34,35,41)/t18-,19-,22-,23-,24-,30+/m0/s1. The average molecular weight is 699 g/mol. The van der Waals surface area contributed by atoms with Crippen molar-refractivity contribution in [1.29, 1.82) is 0 Å². The van der Waals surface area contributed by atoms with E-state index in [2.05, 4.69) is 20.3 Å². The Morgan fingerprint density at radius 1 is 0.938 bits per heavy atom. The zero-order chi connectivity index (χ0) is 36.0. The molecule has 48 heavy (non-hydrogen) atoms. The molecule has 1 aliphatic rings. The Kier molecular flexibility index (Phi) is 13.1. The van der Waals surface area contributed by atoms with Crippen molar-refractivity contribution in [1.82, 2.24) is 24.8 Å². The third kappa shape index (κ3) is 9.08. The van der Waals surface area contributed by atoms with Crippen LogP contribution in [0.2, 0.25) is 0 Å². The molecule has 17 nitrogen and oxygen atoms in total. The number of nitrogens with one attached hydrogen (secondary N) is 2. The normalized spacial score (nSPS) is 22.4. The molecule has 0 unspecified atom stereocenters. The molecule has 1 aliphatic heterocycles. The van der Waals surface area contributed by atoms with Crippen LogP contribution in [-0.4, -0.2) is 88.2 Å². The molecule has 1 saturated heterocycles. The Balaban J connectivity index is 2.09. The van der Waals surface area contributed by atoms with Crippen LogP contribution in [0, 0.1) is 11.8 Å². The lowest BCUT2D eigenvalue weighted by atomic mass is 9.95. The number of carbonyl (C=O) groups excluding carboxylic acids is 4. The smallest absolute Gasteiger partial charge is 0.342 e. The maximum absolute atomic E-state index is 14.3. The van der Waals surface area contributed by atoms with E-state index in [1.54, 1.807) is 53.7 Å². The molecule has 3 rings (SSSR count). The van der Waals surface area contributed by atoms with E-state index < -0.39 is 86.0 Å². The molecule has 3 heterocycles. The molecule has 0 saturated carbocycles. The van der Waals surface area contributed by atoms with E-state index in [4.69, 9.17) is 33.9 Å². The highest BCUT2D eigenvalue weighted by Gasteiger charge is 2.59. The zero-order valence-corrected chi connectivity index (χ0v) is 29.6. The Morgan fingerprint density at radius 3 is 2.00 bits per heavy atom. The van der Waals surface area contributed by atoms with Gasteiger partial charge in [0.2, 0.25) is 0 Å². The highest BCUT2D eigenvalue weighted by molar-refractivity contribution is 7.54. The third-order valence-electron chi connectivity index (χ3n) is 7.38. The minimum atomic E-state index is -4.32. The van der Waals surface area contributed by atoms with Crippen molar-refractivity contribution in [2.75, 3.05) is 25.6 Å². The molecule has 1 fully saturated rings. The number of rotatable bonds is 16. The summed E-state index contributed by atoms with van der Waals surface area (Å²) in [4.78, 5) is 55.1. The van der Waals surface area contributed by atoms with Gasteiger partial charge in [-0.3, -0.25) is 23.7 Å². The fourth-order valence-corrected chi connectivity index (χ4v) is 6.68. The lowest BCUT2D eigenvalue weighted by Crippen LogP contribution is -2.50. The summed E-state index contributed by atoms with van der Waals surface area (Å²) < 4.78 is 50.3. The minimum Gasteiger partial charge on any atom is -0.465 e. The predicted octanol–water partition coefficient (Wildman–Crippen LogP) is 2.48. The molecule has 0 amide bonds. The molecule has 0 aliphatic carbocycles. The van der Waals surface area contributed by atoms with Crippen molar-refractivity contribution in [2.45, 2.75) is 98.3 Å². The van der Waals surface area contributed by atoms with Gasteiger partial charge in [-0.15, -0.1) is 0 Å². The van der Waals surface area contributed by atoms with Gasteiger partial charge in [0.25, 0.3) is 0 Å². The maximum atomic E-state index is 14.3. The Hall–Kier alpha value is -3.63. The third-order valence-corrected chi connectivity index (χ3v) is 9.32. The van der Waals surface area contributed by atoms with Crippen molar-refractivity contribution in [2.24, 2.45) is 11.8 Å². The largest absolute Gasteiger partial charge is 0.465 e. The molecular weight excluding hydrogens is 651 g/mol. The van der Waals surface area contributed by atoms with Gasteiger partial charge in [-0.05, 0) is 46.8 Å². The number of nitrogen functional groups attached to an aromatic ring is 1. The SMILES string of the molecule is CCOC(=O)[C@H](C)NP(=O)(N[C@@H](C)C(=O)OCC)OC[C@@]1(C)O[C@@H](c2ccc3c(N)ncnn23)[C@H](OC(=O)C(C)C)[C@@H]1OC(=O)C(C)C. The zero-order valence-electron chi connectivity index (χ0n) is 28.8. The summed E-state index contributed by atoms with van der Waals surface area (Å²) in [6.07, 6.45) is -2.39. The summed E-state index contributed by atoms with van der Waals surface area (Å²) >= 11 is 0. The van der Waals surface area contributed by atoms with Gasteiger partial charge in [0.1, 0.15) is 35.6 Å². The molecule has 2 aromatic heterocycles. The van der Waals surface area contributed by atoms with Crippen LogP contribution in [0.1, 0.15) is 74.1 Å². The van der Waals surface area contributed by atoms with Gasteiger partial charge < -0.3 is 33.9 Å². The van der Waals surface area contributed by atoms with Gasteiger partial charge in [0, 0.05) is 0 Å². The quantitative estimate of drug-likeness (QED) is 0.130. The number of nitrogens with zero attached hydrogens (tertiary/aromatic N) is 3. The molecule has 0 aromatic carbocycles. The van der Waals surface area contributed by atoms with Crippen LogP contribution in [-0.2, 0) is 52.0 Å². The van der Waals surface area contributed by atoms with Crippen LogP contribution in [0.15, 0.2) is 18.5 Å². The molecule has 0 bridgehead atoms. The Labute approximate surface area is 279 Å². The molecular formula is C30H47N6O11P. The fraction of sp³-hybridized carbons (Fsp3) is 0.667. The lowest BCUT2D eigenvalue weighted by molar-refractivity contribution is -0.175. The van der Waals surface area contributed by atoms with Crippen molar-refractivity contribution >= 4 is 42.9 Å². The molecule has 6 atom stereocenters. The number of nitrogens with two attached hydrogens (primary N) is 1. The van der Waals surface area contributed by atoms with Crippen LogP contribution >= 0.6 is 7.67 Å². The second kappa shape index (κ2) is 16.2. The maximum Gasteiger partial charge on any atom is 0.342 e. The molecule has 2 aromatic rings. The molecule has 0 radical (unpaired) electrons. The Morgan fingerprint density at radius 2 is 1.48 bits per heavy atom. The minimum absolute atomic E-state index is 0.0698. The summed E-state index contributed by atoms with van der Waals surface area (Å²) in [6.45, 7) is 13.7. The number of hydrogen-bond donors (Lipinski definition) is 3. The summed E-state index contributed by atoms with van der Waals surface area (Å²) in [6, 6.07) is 1.03. The predicted molar refractivity (Wildman–Crippen MR) is 171 cm³/mol. The highest BCUT2D eigenvalue weighted by atomic mass is 31.2. The number of aromatic nitrogens is 3. The molecule has 268 valence electrons. The van der Waals surface area contributed by atoms with E-state index in [0.29, 0.717) is 11.2 Å². The van der Waals surface area contributed by atoms with E-state index in [0.717, 1.165) is 0 Å². The van der Waals surface area contributed by atoms with E-state index in [1.165, 1.54) is 31.6 Å². The summed E-state index contributed by atoms with van der Waals surface area (Å²) in [5.41, 5.74) is 5.26. The number of anilines is 1. The number of hydrogen-bond acceptors (Lipinski definition) is 14. The topological polar surface area (TPSA) is 221 Å². The monoisotopic (exact) mass is 698 g/mol. The lowest BCUT2D eigenvalue weighted by Gasteiger charge is -2.34. The van der Waals surface area contributed by atoms with Crippen LogP contribution in [0.25, 0.3) is 5.52 Å². The first kappa shape index (κ1) is 38.8. The molecule has 0 spiro atoms. The van der Waals surface area contributed by atoms with E-state index in [1.807, 2.05) is 0 Å². The van der Waals surface area contributed by atoms with Crippen LogP contribution in [0.4, 0.5) is 5.82 Å². The highest BCUT2D eigenvalue weighted by Crippen LogP contribution is 2.48. The number of ether oxygens (including phenoxy) is 5. The van der Waals surface area contributed by atoms with Crippen molar-refractivity contribution in [3.05, 3.63) is 24.2 Å². The fourth-order valence-electron chi connectivity index (χ4n) is 4.79. The first-order chi connectivity index (χ1) is 22.5. The number of carbonyl (C=O) groups is 4. The van der Waals surface area contributed by atoms with Gasteiger partial charge in [0.05, 0.1) is 37.4 Å². The second-order valence-electron chi connectivity index (χ2n) is 12.2. The first-order valence-corrected chi connectivity index (χ1v) is 17.4. The van der Waals surface area contributed by atoms with Gasteiger partial charge >= 0.3 is 31.5 Å².